The molecular weight excluding hydrogens is 332 g/mol. The molecular formula is C9H7F6NO4S. The van der Waals surface area contributed by atoms with Gasteiger partial charge in [0.1, 0.15) is 5.75 Å². The highest BCUT2D eigenvalue weighted by atomic mass is 32.2. The fourth-order valence-corrected chi connectivity index (χ4v) is 1.91. The van der Waals surface area contributed by atoms with Gasteiger partial charge in [0.25, 0.3) is 10.0 Å². The average Bonchev–Trinajstić information content (AvgIpc) is 2.24. The molecule has 12 heteroatoms. The van der Waals surface area contributed by atoms with E-state index in [1.807, 2.05) is 0 Å². The number of hydrogen-bond donors (Lipinski definition) is 1. The first-order valence-corrected chi connectivity index (χ1v) is 6.43. The summed E-state index contributed by atoms with van der Waals surface area (Å²) < 4.78 is 97.7. The average molecular weight is 339 g/mol. The van der Waals surface area contributed by atoms with Crippen LogP contribution in [0.15, 0.2) is 29.2 Å². The fraction of sp³-hybridized carbons (Fsp3) is 0.333. The van der Waals surface area contributed by atoms with E-state index in [9.17, 15) is 34.8 Å². The summed E-state index contributed by atoms with van der Waals surface area (Å²) in [6, 6.07) is 3.07. The Balaban J connectivity index is 2.82. The van der Waals surface area contributed by atoms with Crippen molar-refractivity contribution in [1.29, 1.82) is 0 Å². The smallest absolute Gasteiger partial charge is 0.406 e. The number of ether oxygens (including phenoxy) is 1. The molecule has 0 amide bonds. The van der Waals surface area contributed by atoms with Gasteiger partial charge < -0.3 is 4.74 Å². The number of halogens is 6. The maximum atomic E-state index is 12.0. The molecule has 0 fully saturated rings. The van der Waals surface area contributed by atoms with Crippen molar-refractivity contribution in [2.24, 2.45) is 0 Å². The molecule has 1 rings (SSSR count). The molecule has 0 heterocycles. The molecule has 0 saturated carbocycles. The van der Waals surface area contributed by atoms with Gasteiger partial charge in [-0.1, -0.05) is 11.0 Å². The van der Waals surface area contributed by atoms with Crippen LogP contribution < -0.4 is 9.62 Å². The van der Waals surface area contributed by atoms with Gasteiger partial charge in [-0.05, 0) is 12.1 Å². The zero-order valence-corrected chi connectivity index (χ0v) is 10.6. The molecule has 0 atom stereocenters. The summed E-state index contributed by atoms with van der Waals surface area (Å²) in [5.74, 6) is -0.846. The second-order valence-electron chi connectivity index (χ2n) is 3.51. The van der Waals surface area contributed by atoms with E-state index in [1.54, 1.807) is 0 Å². The standard InChI is InChI=1S/C9H7F6NO4S/c10-8(11,12)5-19-16-21(17,18)7-3-1-2-6(4-7)20-9(13,14)15/h1-4,16H,5H2. The van der Waals surface area contributed by atoms with E-state index in [2.05, 4.69) is 9.57 Å². The lowest BCUT2D eigenvalue weighted by molar-refractivity contribution is -0.274. The van der Waals surface area contributed by atoms with Crippen molar-refractivity contribution in [2.75, 3.05) is 6.61 Å². The SMILES string of the molecule is O=S(=O)(NOCC(F)(F)F)c1cccc(OC(F)(F)F)c1. The van der Waals surface area contributed by atoms with Crippen LogP contribution in [0.3, 0.4) is 0 Å². The molecule has 21 heavy (non-hydrogen) atoms. The Labute approximate surface area is 114 Å². The van der Waals surface area contributed by atoms with E-state index >= 15 is 0 Å². The first-order valence-electron chi connectivity index (χ1n) is 4.95. The molecule has 120 valence electrons. The Kier molecular flexibility index (Phi) is 5.07. The van der Waals surface area contributed by atoms with Crippen molar-refractivity contribution < 1.29 is 44.3 Å². The van der Waals surface area contributed by atoms with Gasteiger partial charge in [-0.3, -0.25) is 4.84 Å². The summed E-state index contributed by atoms with van der Waals surface area (Å²) in [6.45, 7) is -1.90. The first kappa shape index (κ1) is 17.5. The fourth-order valence-electron chi connectivity index (χ4n) is 1.08. The minimum absolute atomic E-state index is 0.479. The summed E-state index contributed by atoms with van der Waals surface area (Å²) in [7, 11) is -4.58. The van der Waals surface area contributed by atoms with Gasteiger partial charge >= 0.3 is 12.5 Å². The third kappa shape index (κ3) is 6.64. The topological polar surface area (TPSA) is 64.6 Å². The van der Waals surface area contributed by atoms with Crippen LogP contribution in [0.25, 0.3) is 0 Å². The molecule has 0 unspecified atom stereocenters. The number of nitrogens with one attached hydrogen (secondary N) is 1. The summed E-state index contributed by atoms with van der Waals surface area (Å²) in [6.07, 6.45) is -9.81. The van der Waals surface area contributed by atoms with E-state index in [0.29, 0.717) is 6.07 Å². The molecule has 0 bridgehead atoms. The normalized spacial score (nSPS) is 13.2. The van der Waals surface area contributed by atoms with Crippen LogP contribution in [0.5, 0.6) is 5.75 Å². The molecule has 1 aromatic rings. The lowest BCUT2D eigenvalue weighted by Crippen LogP contribution is -2.29. The van der Waals surface area contributed by atoms with Crippen molar-refractivity contribution in [1.82, 2.24) is 4.89 Å². The predicted molar refractivity (Wildman–Crippen MR) is 55.5 cm³/mol. The highest BCUT2D eigenvalue weighted by molar-refractivity contribution is 7.89. The molecule has 0 aliphatic carbocycles. The Hall–Kier alpha value is -1.53. The number of benzene rings is 1. The lowest BCUT2D eigenvalue weighted by atomic mass is 10.3. The number of hydrogen-bond acceptors (Lipinski definition) is 4. The molecule has 0 saturated heterocycles. The first-order chi connectivity index (χ1) is 9.39. The van der Waals surface area contributed by atoms with Gasteiger partial charge in [0, 0.05) is 6.07 Å². The predicted octanol–water partition coefficient (Wildman–Crippen LogP) is 2.36. The third-order valence-corrected chi connectivity index (χ3v) is 2.97. The van der Waals surface area contributed by atoms with E-state index < -0.39 is 39.8 Å². The Morgan fingerprint density at radius 3 is 2.24 bits per heavy atom. The lowest BCUT2D eigenvalue weighted by Gasteiger charge is -2.11. The largest absolute Gasteiger partial charge is 0.573 e. The van der Waals surface area contributed by atoms with Crippen LogP contribution in [0.1, 0.15) is 0 Å². The van der Waals surface area contributed by atoms with Gasteiger partial charge in [-0.25, -0.2) is 8.42 Å². The second-order valence-corrected chi connectivity index (χ2v) is 5.16. The quantitative estimate of drug-likeness (QED) is 0.661. The van der Waals surface area contributed by atoms with Crippen molar-refractivity contribution in [3.8, 4) is 5.75 Å². The van der Waals surface area contributed by atoms with E-state index in [-0.39, 0.29) is 0 Å². The molecule has 0 aromatic heterocycles. The highest BCUT2D eigenvalue weighted by Gasteiger charge is 2.32. The molecule has 5 nitrogen and oxygen atoms in total. The van der Waals surface area contributed by atoms with Crippen LogP contribution >= 0.6 is 0 Å². The van der Waals surface area contributed by atoms with Crippen molar-refractivity contribution in [3.05, 3.63) is 24.3 Å². The molecule has 0 spiro atoms. The van der Waals surface area contributed by atoms with Gasteiger partial charge in [0.2, 0.25) is 0 Å². The van der Waals surface area contributed by atoms with Crippen LogP contribution in [0, 0.1) is 0 Å². The second kappa shape index (κ2) is 6.07. The minimum Gasteiger partial charge on any atom is -0.406 e. The number of alkyl halides is 6. The highest BCUT2D eigenvalue weighted by Crippen LogP contribution is 2.25. The molecule has 0 aliphatic rings. The van der Waals surface area contributed by atoms with Crippen molar-refractivity contribution >= 4 is 10.0 Å². The van der Waals surface area contributed by atoms with Gasteiger partial charge in [-0.15, -0.1) is 13.2 Å². The zero-order chi connectivity index (χ0) is 16.3. The van der Waals surface area contributed by atoms with Crippen LogP contribution in [-0.2, 0) is 14.9 Å². The molecule has 0 aliphatic heterocycles. The minimum atomic E-state index is -5.04. The van der Waals surface area contributed by atoms with Crippen LogP contribution in [-0.4, -0.2) is 27.6 Å². The monoisotopic (exact) mass is 339 g/mol. The molecule has 1 aromatic carbocycles. The summed E-state index contributed by atoms with van der Waals surface area (Å²) >= 11 is 0. The van der Waals surface area contributed by atoms with Crippen LogP contribution in [0.4, 0.5) is 26.3 Å². The third-order valence-electron chi connectivity index (χ3n) is 1.75. The van der Waals surface area contributed by atoms with E-state index in [1.165, 1.54) is 0 Å². The zero-order valence-electron chi connectivity index (χ0n) is 9.83. The van der Waals surface area contributed by atoms with E-state index in [0.717, 1.165) is 23.1 Å². The summed E-state index contributed by atoms with van der Waals surface area (Å²) in [5.41, 5.74) is 0. The summed E-state index contributed by atoms with van der Waals surface area (Å²) in [5, 5.41) is 0. The van der Waals surface area contributed by atoms with Crippen LogP contribution in [0.2, 0.25) is 0 Å². The number of rotatable bonds is 5. The Bertz CT molecular complexity index is 583. The van der Waals surface area contributed by atoms with Gasteiger partial charge in [-0.2, -0.15) is 13.2 Å². The van der Waals surface area contributed by atoms with Crippen molar-refractivity contribution in [2.45, 2.75) is 17.4 Å². The Morgan fingerprint density at radius 1 is 1.10 bits per heavy atom. The number of sulfonamides is 1. The molecule has 1 N–H and O–H groups in total. The van der Waals surface area contributed by atoms with Crippen molar-refractivity contribution in [3.63, 3.8) is 0 Å². The molecule has 0 radical (unpaired) electrons. The maximum Gasteiger partial charge on any atom is 0.573 e. The Morgan fingerprint density at radius 2 is 1.71 bits per heavy atom. The van der Waals surface area contributed by atoms with E-state index in [4.69, 9.17) is 0 Å². The summed E-state index contributed by atoms with van der Waals surface area (Å²) in [4.78, 5) is 4.11. The maximum absolute atomic E-state index is 12.0. The van der Waals surface area contributed by atoms with Gasteiger partial charge in [0.05, 0.1) is 4.90 Å². The van der Waals surface area contributed by atoms with Gasteiger partial charge in [0.15, 0.2) is 6.61 Å².